The van der Waals surface area contributed by atoms with E-state index in [9.17, 15) is 5.11 Å². The number of rotatable bonds is 4. The molecule has 4 N–H and O–H groups in total. The van der Waals surface area contributed by atoms with Crippen LogP contribution in [0.1, 0.15) is 45.2 Å². The van der Waals surface area contributed by atoms with Gasteiger partial charge in [0.1, 0.15) is 5.82 Å². The minimum absolute atomic E-state index is 0.315. The molecule has 2 bridgehead atoms. The molecular formula is C19H28N6O. The van der Waals surface area contributed by atoms with Crippen LogP contribution >= 0.6 is 0 Å². The standard InChI is InChI=1S/C19H28N6O/c1-11-4-13-6-14(8-19(3,26)7-13)18(11)23-17-10-20-9-16(22-17)21-15-5-12(2)24-25-15/h5,9-11,13-14,18,26H,4,6-8H2,1-3H3,(H3,21,22,23,24,25). The number of H-pyrrole nitrogens is 1. The van der Waals surface area contributed by atoms with Crippen molar-refractivity contribution in [2.75, 3.05) is 10.6 Å². The molecule has 26 heavy (non-hydrogen) atoms. The molecular weight excluding hydrogens is 328 g/mol. The summed E-state index contributed by atoms with van der Waals surface area (Å²) >= 11 is 0. The molecule has 4 rings (SSSR count). The first-order valence-corrected chi connectivity index (χ1v) is 9.48. The molecule has 0 radical (unpaired) electrons. The molecule has 0 saturated heterocycles. The average molecular weight is 356 g/mol. The van der Waals surface area contributed by atoms with Crippen LogP contribution in [0.4, 0.5) is 17.5 Å². The van der Waals surface area contributed by atoms with Crippen molar-refractivity contribution in [2.45, 2.75) is 58.1 Å². The lowest BCUT2D eigenvalue weighted by Crippen LogP contribution is -2.50. The molecule has 0 aromatic carbocycles. The van der Waals surface area contributed by atoms with E-state index in [1.165, 1.54) is 6.42 Å². The molecule has 2 aliphatic rings. The van der Waals surface area contributed by atoms with Gasteiger partial charge in [-0.25, -0.2) is 4.98 Å². The molecule has 140 valence electrons. The minimum Gasteiger partial charge on any atom is -0.390 e. The van der Waals surface area contributed by atoms with Crippen LogP contribution in [0.5, 0.6) is 0 Å². The first-order valence-electron chi connectivity index (χ1n) is 9.48. The van der Waals surface area contributed by atoms with Gasteiger partial charge in [-0.2, -0.15) is 5.10 Å². The van der Waals surface area contributed by atoms with E-state index in [2.05, 4.69) is 37.7 Å². The number of anilines is 3. The van der Waals surface area contributed by atoms with Gasteiger partial charge in [-0.3, -0.25) is 10.1 Å². The molecule has 0 spiro atoms. The van der Waals surface area contributed by atoms with Crippen molar-refractivity contribution in [2.24, 2.45) is 17.8 Å². The fourth-order valence-corrected chi connectivity index (χ4v) is 4.99. The highest BCUT2D eigenvalue weighted by molar-refractivity contribution is 5.53. The molecule has 0 amide bonds. The highest BCUT2D eigenvalue weighted by Crippen LogP contribution is 2.47. The summed E-state index contributed by atoms with van der Waals surface area (Å²) in [6.07, 6.45) is 7.59. The van der Waals surface area contributed by atoms with Gasteiger partial charge in [0.05, 0.1) is 18.0 Å². The lowest BCUT2D eigenvalue weighted by Gasteiger charge is -2.49. The van der Waals surface area contributed by atoms with Gasteiger partial charge in [0.2, 0.25) is 0 Å². The van der Waals surface area contributed by atoms with Gasteiger partial charge in [-0.05, 0) is 57.3 Å². The normalized spacial score (nSPS) is 33.7. The van der Waals surface area contributed by atoms with Crippen molar-refractivity contribution in [3.63, 3.8) is 0 Å². The van der Waals surface area contributed by atoms with Crippen LogP contribution in [0.25, 0.3) is 0 Å². The fraction of sp³-hybridized carbons (Fsp3) is 0.632. The Morgan fingerprint density at radius 1 is 1.19 bits per heavy atom. The second kappa shape index (κ2) is 6.54. The van der Waals surface area contributed by atoms with Crippen LogP contribution in [-0.2, 0) is 0 Å². The van der Waals surface area contributed by atoms with E-state index in [0.717, 1.165) is 36.6 Å². The van der Waals surface area contributed by atoms with E-state index < -0.39 is 5.60 Å². The van der Waals surface area contributed by atoms with Crippen molar-refractivity contribution in [3.8, 4) is 0 Å². The summed E-state index contributed by atoms with van der Waals surface area (Å²) in [5, 5.41) is 24.4. The zero-order chi connectivity index (χ0) is 18.3. The Labute approximate surface area is 154 Å². The van der Waals surface area contributed by atoms with Gasteiger partial charge in [0.25, 0.3) is 0 Å². The molecule has 5 unspecified atom stereocenters. The third kappa shape index (κ3) is 3.67. The highest BCUT2D eigenvalue weighted by atomic mass is 16.3. The second-order valence-corrected chi connectivity index (χ2v) is 8.50. The third-order valence-electron chi connectivity index (χ3n) is 5.80. The van der Waals surface area contributed by atoms with Gasteiger partial charge in [-0.1, -0.05) is 6.92 Å². The van der Waals surface area contributed by atoms with E-state index in [1.54, 1.807) is 12.4 Å². The summed E-state index contributed by atoms with van der Waals surface area (Å²) in [6, 6.07) is 2.24. The van der Waals surface area contributed by atoms with Crippen molar-refractivity contribution in [3.05, 3.63) is 24.2 Å². The molecule has 7 nitrogen and oxygen atoms in total. The average Bonchev–Trinajstić information content (AvgIpc) is 2.95. The molecule has 2 fully saturated rings. The van der Waals surface area contributed by atoms with E-state index in [-0.39, 0.29) is 0 Å². The van der Waals surface area contributed by atoms with Crippen molar-refractivity contribution in [1.82, 2.24) is 20.2 Å². The van der Waals surface area contributed by atoms with Crippen LogP contribution in [0.2, 0.25) is 0 Å². The zero-order valence-electron chi connectivity index (χ0n) is 15.7. The Hall–Kier alpha value is -2.15. The van der Waals surface area contributed by atoms with Crippen molar-refractivity contribution < 1.29 is 5.11 Å². The number of hydrogen-bond donors (Lipinski definition) is 4. The molecule has 2 aromatic rings. The summed E-state index contributed by atoms with van der Waals surface area (Å²) in [4.78, 5) is 8.96. The number of aromatic nitrogens is 4. The Morgan fingerprint density at radius 2 is 2.00 bits per heavy atom. The van der Waals surface area contributed by atoms with Gasteiger partial charge in [-0.15, -0.1) is 0 Å². The summed E-state index contributed by atoms with van der Waals surface area (Å²) < 4.78 is 0. The van der Waals surface area contributed by atoms with E-state index in [4.69, 9.17) is 0 Å². The minimum atomic E-state index is -0.541. The summed E-state index contributed by atoms with van der Waals surface area (Å²) in [5.41, 5.74) is 0.449. The second-order valence-electron chi connectivity index (χ2n) is 8.50. The van der Waals surface area contributed by atoms with Gasteiger partial charge < -0.3 is 15.7 Å². The lowest BCUT2D eigenvalue weighted by atomic mass is 9.61. The quantitative estimate of drug-likeness (QED) is 0.671. The summed E-state index contributed by atoms with van der Waals surface area (Å²) in [5.74, 6) is 3.83. The van der Waals surface area contributed by atoms with Crippen LogP contribution in [0.3, 0.4) is 0 Å². The monoisotopic (exact) mass is 356 g/mol. The van der Waals surface area contributed by atoms with Gasteiger partial charge >= 0.3 is 0 Å². The van der Waals surface area contributed by atoms with Crippen LogP contribution < -0.4 is 10.6 Å². The smallest absolute Gasteiger partial charge is 0.153 e. The van der Waals surface area contributed by atoms with E-state index in [0.29, 0.717) is 29.6 Å². The van der Waals surface area contributed by atoms with Crippen molar-refractivity contribution >= 4 is 17.5 Å². The summed E-state index contributed by atoms with van der Waals surface area (Å²) in [6.45, 7) is 6.24. The maximum Gasteiger partial charge on any atom is 0.153 e. The molecule has 5 atom stereocenters. The van der Waals surface area contributed by atoms with Gasteiger partial charge in [0.15, 0.2) is 11.6 Å². The molecule has 2 heterocycles. The number of nitrogens with one attached hydrogen (secondary N) is 3. The number of aryl methyl sites for hydroxylation is 1. The van der Waals surface area contributed by atoms with E-state index in [1.807, 2.05) is 19.9 Å². The predicted molar refractivity (Wildman–Crippen MR) is 101 cm³/mol. The zero-order valence-corrected chi connectivity index (χ0v) is 15.7. The van der Waals surface area contributed by atoms with Gasteiger partial charge in [0, 0.05) is 17.8 Å². The highest BCUT2D eigenvalue weighted by Gasteiger charge is 2.45. The van der Waals surface area contributed by atoms with Crippen LogP contribution in [-0.4, -0.2) is 36.9 Å². The summed E-state index contributed by atoms with van der Waals surface area (Å²) in [7, 11) is 0. The number of nitrogens with zero attached hydrogens (tertiary/aromatic N) is 3. The Kier molecular flexibility index (Phi) is 4.34. The predicted octanol–water partition coefficient (Wildman–Crippen LogP) is 3.24. The van der Waals surface area contributed by atoms with E-state index >= 15 is 0 Å². The maximum atomic E-state index is 10.6. The first kappa shape index (κ1) is 17.3. The number of aromatic amines is 1. The Balaban J connectivity index is 1.48. The topological polar surface area (TPSA) is 98.8 Å². The SMILES string of the molecule is Cc1cc(Nc2cncc(NC3C(C)CC4CC3CC(C)(O)C4)n2)n[nH]1. The fourth-order valence-electron chi connectivity index (χ4n) is 4.99. The third-order valence-corrected chi connectivity index (χ3v) is 5.80. The molecule has 2 saturated carbocycles. The number of hydrogen-bond acceptors (Lipinski definition) is 6. The molecule has 2 aliphatic carbocycles. The maximum absolute atomic E-state index is 10.6. The van der Waals surface area contributed by atoms with Crippen LogP contribution in [0.15, 0.2) is 18.5 Å². The Morgan fingerprint density at radius 3 is 2.77 bits per heavy atom. The Bertz CT molecular complexity index is 771. The largest absolute Gasteiger partial charge is 0.390 e. The molecule has 0 aliphatic heterocycles. The molecule has 2 aromatic heterocycles. The lowest BCUT2D eigenvalue weighted by molar-refractivity contribution is -0.0501. The number of fused-ring (bicyclic) bond motifs is 2. The molecule has 7 heteroatoms. The first-order chi connectivity index (χ1) is 12.4. The van der Waals surface area contributed by atoms with Crippen LogP contribution in [0, 0.1) is 24.7 Å². The number of aliphatic hydroxyl groups is 1. The van der Waals surface area contributed by atoms with Crippen molar-refractivity contribution in [1.29, 1.82) is 0 Å².